The lowest BCUT2D eigenvalue weighted by Crippen LogP contribution is -2.45. The number of benzene rings is 1. The Labute approximate surface area is 72.5 Å². The first-order chi connectivity index (χ1) is 5.95. The van der Waals surface area contributed by atoms with Crippen LogP contribution in [-0.2, 0) is 11.3 Å². The summed E-state index contributed by atoms with van der Waals surface area (Å²) in [5.74, 6) is 0. The van der Waals surface area contributed by atoms with Gasteiger partial charge in [0.1, 0.15) is 0 Å². The van der Waals surface area contributed by atoms with E-state index in [-0.39, 0.29) is 0 Å². The zero-order chi connectivity index (χ0) is 8.23. The van der Waals surface area contributed by atoms with Crippen LogP contribution in [0.5, 0.6) is 0 Å². The van der Waals surface area contributed by atoms with Crippen LogP contribution in [0.3, 0.4) is 0 Å². The molecule has 1 aromatic carbocycles. The molecule has 0 aromatic heterocycles. The van der Waals surface area contributed by atoms with Crippen LogP contribution in [0.1, 0.15) is 5.56 Å². The van der Waals surface area contributed by atoms with Crippen LogP contribution in [0.2, 0.25) is 0 Å². The summed E-state index contributed by atoms with van der Waals surface area (Å²) in [4.78, 5) is 0. The van der Waals surface area contributed by atoms with E-state index >= 15 is 0 Å². The molecule has 0 radical (unpaired) electrons. The molecule has 1 fully saturated rings. The second kappa shape index (κ2) is 3.70. The summed E-state index contributed by atoms with van der Waals surface area (Å²) < 4.78 is 5.06. The molecule has 1 N–H and O–H groups in total. The molecule has 2 heteroatoms. The van der Waals surface area contributed by atoms with Crippen molar-refractivity contribution in [1.29, 1.82) is 0 Å². The predicted molar refractivity (Wildman–Crippen MR) is 47.9 cm³/mol. The lowest BCUT2D eigenvalue weighted by atomic mass is 10.2. The topological polar surface area (TPSA) is 21.3 Å². The summed E-state index contributed by atoms with van der Waals surface area (Å²) in [5, 5.41) is 3.41. The van der Waals surface area contributed by atoms with Gasteiger partial charge < -0.3 is 10.1 Å². The predicted octanol–water partition coefficient (Wildman–Crippen LogP) is 1.18. The summed E-state index contributed by atoms with van der Waals surface area (Å²) in [5.41, 5.74) is 1.34. The largest absolute Gasteiger partial charge is 0.378 e. The number of rotatable bonds is 3. The van der Waals surface area contributed by atoms with E-state index in [1.165, 1.54) is 5.56 Å². The van der Waals surface area contributed by atoms with Crippen molar-refractivity contribution in [2.45, 2.75) is 12.6 Å². The molecule has 0 aliphatic carbocycles. The summed E-state index contributed by atoms with van der Waals surface area (Å²) in [7, 11) is 0. The summed E-state index contributed by atoms with van der Waals surface area (Å²) in [6.07, 6.45) is 0. The van der Waals surface area contributed by atoms with Crippen LogP contribution >= 0.6 is 0 Å². The van der Waals surface area contributed by atoms with Gasteiger partial charge in [-0.15, -0.1) is 0 Å². The molecule has 0 unspecified atom stereocenters. The Hall–Kier alpha value is -0.860. The molecule has 1 aliphatic heterocycles. The highest BCUT2D eigenvalue weighted by molar-refractivity contribution is 5.14. The van der Waals surface area contributed by atoms with Gasteiger partial charge in [-0.1, -0.05) is 30.3 Å². The van der Waals surface area contributed by atoms with Gasteiger partial charge >= 0.3 is 0 Å². The maximum Gasteiger partial charge on any atom is 0.0643 e. The Kier molecular flexibility index (Phi) is 2.39. The van der Waals surface area contributed by atoms with E-state index in [1.807, 2.05) is 6.07 Å². The molecule has 0 bridgehead atoms. The molecule has 2 nitrogen and oxygen atoms in total. The van der Waals surface area contributed by atoms with Crippen molar-refractivity contribution in [3.8, 4) is 0 Å². The van der Waals surface area contributed by atoms with E-state index in [1.54, 1.807) is 0 Å². The monoisotopic (exact) mass is 163 g/mol. The van der Waals surface area contributed by atoms with E-state index in [0.717, 1.165) is 19.8 Å². The second-order valence-electron chi connectivity index (χ2n) is 3.10. The molecule has 64 valence electrons. The van der Waals surface area contributed by atoms with Gasteiger partial charge in [0, 0.05) is 6.54 Å². The molecule has 1 saturated heterocycles. The fraction of sp³-hybridized carbons (Fsp3) is 0.400. The van der Waals surface area contributed by atoms with Gasteiger partial charge in [0.05, 0.1) is 19.3 Å². The van der Waals surface area contributed by atoms with Gasteiger partial charge in [-0.3, -0.25) is 0 Å². The minimum Gasteiger partial charge on any atom is -0.378 e. The molecule has 2 rings (SSSR count). The Morgan fingerprint density at radius 2 is 2.00 bits per heavy atom. The van der Waals surface area contributed by atoms with Crippen LogP contribution in [0.15, 0.2) is 30.3 Å². The van der Waals surface area contributed by atoms with Gasteiger partial charge in [0.2, 0.25) is 0 Å². The summed E-state index contributed by atoms with van der Waals surface area (Å²) >= 11 is 0. The molecular formula is C10H13NO. The summed E-state index contributed by atoms with van der Waals surface area (Å²) in [6.45, 7) is 2.69. The quantitative estimate of drug-likeness (QED) is 0.722. The highest BCUT2D eigenvalue weighted by Gasteiger charge is 2.16. The average molecular weight is 163 g/mol. The molecule has 0 amide bonds. The Bertz CT molecular complexity index is 231. The van der Waals surface area contributed by atoms with E-state index in [2.05, 4.69) is 29.6 Å². The van der Waals surface area contributed by atoms with E-state index in [9.17, 15) is 0 Å². The van der Waals surface area contributed by atoms with Gasteiger partial charge in [-0.05, 0) is 5.56 Å². The minimum atomic E-state index is 0.574. The number of hydrogen-bond acceptors (Lipinski definition) is 2. The minimum absolute atomic E-state index is 0.574. The number of hydrogen-bond donors (Lipinski definition) is 1. The third-order valence-electron chi connectivity index (χ3n) is 2.08. The SMILES string of the molecule is c1ccc(CNC2COC2)cc1. The average Bonchev–Trinajstić information content (AvgIpc) is 2.04. The van der Waals surface area contributed by atoms with Crippen molar-refractivity contribution < 1.29 is 4.74 Å². The molecule has 1 aromatic rings. The number of nitrogens with one attached hydrogen (secondary N) is 1. The maximum absolute atomic E-state index is 5.06. The van der Waals surface area contributed by atoms with Crippen LogP contribution in [0.4, 0.5) is 0 Å². The Morgan fingerprint density at radius 1 is 1.25 bits per heavy atom. The number of ether oxygens (including phenoxy) is 1. The second-order valence-corrected chi connectivity index (χ2v) is 3.10. The third-order valence-corrected chi connectivity index (χ3v) is 2.08. The smallest absolute Gasteiger partial charge is 0.0643 e. The van der Waals surface area contributed by atoms with Gasteiger partial charge in [0.25, 0.3) is 0 Å². The fourth-order valence-electron chi connectivity index (χ4n) is 1.21. The first-order valence-electron chi connectivity index (χ1n) is 4.30. The van der Waals surface area contributed by atoms with Crippen molar-refractivity contribution in [1.82, 2.24) is 5.32 Å². The van der Waals surface area contributed by atoms with Crippen molar-refractivity contribution in [3.05, 3.63) is 35.9 Å². The molecular weight excluding hydrogens is 150 g/mol. The first-order valence-corrected chi connectivity index (χ1v) is 4.30. The molecule has 0 atom stereocenters. The molecule has 12 heavy (non-hydrogen) atoms. The van der Waals surface area contributed by atoms with E-state index in [0.29, 0.717) is 6.04 Å². The lowest BCUT2D eigenvalue weighted by Gasteiger charge is -2.26. The van der Waals surface area contributed by atoms with E-state index < -0.39 is 0 Å². The molecule has 0 saturated carbocycles. The van der Waals surface area contributed by atoms with Crippen molar-refractivity contribution >= 4 is 0 Å². The normalized spacial score (nSPS) is 17.3. The highest BCUT2D eigenvalue weighted by atomic mass is 16.5. The van der Waals surface area contributed by atoms with E-state index in [4.69, 9.17) is 4.74 Å². The Morgan fingerprint density at radius 3 is 2.58 bits per heavy atom. The third kappa shape index (κ3) is 1.84. The van der Waals surface area contributed by atoms with Gasteiger partial charge in [0.15, 0.2) is 0 Å². The zero-order valence-electron chi connectivity index (χ0n) is 6.99. The van der Waals surface area contributed by atoms with Crippen LogP contribution < -0.4 is 5.32 Å². The van der Waals surface area contributed by atoms with Crippen LogP contribution in [0.25, 0.3) is 0 Å². The lowest BCUT2D eigenvalue weighted by molar-refractivity contribution is -0.00578. The van der Waals surface area contributed by atoms with Crippen LogP contribution in [0, 0.1) is 0 Å². The first kappa shape index (κ1) is 7.77. The molecule has 0 spiro atoms. The fourth-order valence-corrected chi connectivity index (χ4v) is 1.21. The van der Waals surface area contributed by atoms with Crippen molar-refractivity contribution in [2.75, 3.05) is 13.2 Å². The van der Waals surface area contributed by atoms with Gasteiger partial charge in [-0.2, -0.15) is 0 Å². The molecule has 1 heterocycles. The standard InChI is InChI=1S/C10H13NO/c1-2-4-9(5-3-1)6-11-10-7-12-8-10/h1-5,10-11H,6-8H2. The molecule has 1 aliphatic rings. The van der Waals surface area contributed by atoms with Gasteiger partial charge in [-0.25, -0.2) is 0 Å². The van der Waals surface area contributed by atoms with Crippen LogP contribution in [-0.4, -0.2) is 19.3 Å². The van der Waals surface area contributed by atoms with Crippen molar-refractivity contribution in [2.24, 2.45) is 0 Å². The maximum atomic E-state index is 5.06. The Balaban J connectivity index is 1.79. The van der Waals surface area contributed by atoms with Crippen molar-refractivity contribution in [3.63, 3.8) is 0 Å². The zero-order valence-corrected chi connectivity index (χ0v) is 6.99. The highest BCUT2D eigenvalue weighted by Crippen LogP contribution is 2.02. The summed E-state index contributed by atoms with van der Waals surface area (Å²) in [6, 6.07) is 11.0.